The molecule has 0 saturated heterocycles. The molecule has 2 aromatic rings. The van der Waals surface area contributed by atoms with Crippen molar-refractivity contribution in [2.75, 3.05) is 5.88 Å². The van der Waals surface area contributed by atoms with E-state index >= 15 is 0 Å². The van der Waals surface area contributed by atoms with E-state index in [4.69, 9.17) is 22.1 Å². The van der Waals surface area contributed by atoms with E-state index in [-0.39, 0.29) is 11.7 Å². The molecule has 2 rings (SSSR count). The van der Waals surface area contributed by atoms with Crippen molar-refractivity contribution >= 4 is 17.4 Å². The molecule has 110 valence electrons. The number of halogens is 1. The highest BCUT2D eigenvalue weighted by atomic mass is 35.5. The molecule has 4 heteroatoms. The summed E-state index contributed by atoms with van der Waals surface area (Å²) in [5.41, 5.74) is 7.88. The van der Waals surface area contributed by atoms with Crippen LogP contribution in [0.15, 0.2) is 54.6 Å². The molecule has 3 nitrogen and oxygen atoms in total. The van der Waals surface area contributed by atoms with Gasteiger partial charge in [0.15, 0.2) is 5.78 Å². The number of benzene rings is 2. The predicted molar refractivity (Wildman–Crippen MR) is 84.6 cm³/mol. The van der Waals surface area contributed by atoms with Crippen molar-refractivity contribution < 1.29 is 9.53 Å². The maximum absolute atomic E-state index is 11.4. The molecule has 0 saturated carbocycles. The highest BCUT2D eigenvalue weighted by Crippen LogP contribution is 2.15. The summed E-state index contributed by atoms with van der Waals surface area (Å²) in [6, 6.07) is 17.0. The molecule has 0 spiro atoms. The van der Waals surface area contributed by atoms with Gasteiger partial charge in [-0.25, -0.2) is 0 Å². The molecule has 0 bridgehead atoms. The van der Waals surface area contributed by atoms with Gasteiger partial charge in [-0.05, 0) is 29.7 Å². The SMILES string of the molecule is N[C@H](Cc1ccc(OCc2ccccc2)cc1)C(=O)CCl. The largest absolute Gasteiger partial charge is 0.489 e. The quantitative estimate of drug-likeness (QED) is 0.800. The molecular formula is C17H18ClNO2. The Morgan fingerprint density at radius 2 is 1.71 bits per heavy atom. The fourth-order valence-electron chi connectivity index (χ4n) is 1.93. The molecule has 0 unspecified atom stereocenters. The monoisotopic (exact) mass is 303 g/mol. The van der Waals surface area contributed by atoms with Crippen LogP contribution in [0, 0.1) is 0 Å². The van der Waals surface area contributed by atoms with Crippen molar-refractivity contribution in [2.45, 2.75) is 19.1 Å². The average Bonchev–Trinajstić information content (AvgIpc) is 2.54. The smallest absolute Gasteiger partial charge is 0.164 e. The molecule has 0 radical (unpaired) electrons. The van der Waals surface area contributed by atoms with Crippen LogP contribution in [0.2, 0.25) is 0 Å². The Labute approximate surface area is 129 Å². The Morgan fingerprint density at radius 3 is 2.33 bits per heavy atom. The summed E-state index contributed by atoms with van der Waals surface area (Å²) in [4.78, 5) is 11.4. The van der Waals surface area contributed by atoms with Gasteiger partial charge in [0.1, 0.15) is 12.4 Å². The molecule has 0 amide bonds. The van der Waals surface area contributed by atoms with Gasteiger partial charge >= 0.3 is 0 Å². The summed E-state index contributed by atoms with van der Waals surface area (Å²) in [7, 11) is 0. The van der Waals surface area contributed by atoms with E-state index in [1.165, 1.54) is 0 Å². The molecule has 21 heavy (non-hydrogen) atoms. The number of hydrogen-bond acceptors (Lipinski definition) is 3. The van der Waals surface area contributed by atoms with Crippen molar-refractivity contribution in [3.8, 4) is 5.75 Å². The minimum absolute atomic E-state index is 0.0422. The summed E-state index contributed by atoms with van der Waals surface area (Å²) >= 11 is 5.49. The number of carbonyl (C=O) groups excluding carboxylic acids is 1. The van der Waals surface area contributed by atoms with Crippen molar-refractivity contribution in [3.63, 3.8) is 0 Å². The zero-order chi connectivity index (χ0) is 15.1. The van der Waals surface area contributed by atoms with Crippen LogP contribution in [0.25, 0.3) is 0 Å². The molecule has 0 fully saturated rings. The number of ketones is 1. The van der Waals surface area contributed by atoms with E-state index in [9.17, 15) is 4.79 Å². The average molecular weight is 304 g/mol. The first-order valence-corrected chi connectivity index (χ1v) is 7.32. The lowest BCUT2D eigenvalue weighted by Gasteiger charge is -2.10. The molecule has 2 N–H and O–H groups in total. The zero-order valence-corrected chi connectivity index (χ0v) is 12.4. The normalized spacial score (nSPS) is 11.9. The van der Waals surface area contributed by atoms with Gasteiger partial charge < -0.3 is 10.5 Å². The summed E-state index contributed by atoms with van der Waals surface area (Å²) in [6.07, 6.45) is 0.491. The maximum atomic E-state index is 11.4. The predicted octanol–water partition coefficient (Wildman–Crippen LogP) is 2.94. The second-order valence-electron chi connectivity index (χ2n) is 4.83. The van der Waals surface area contributed by atoms with Crippen molar-refractivity contribution in [2.24, 2.45) is 5.73 Å². The summed E-state index contributed by atoms with van der Waals surface area (Å²) in [5, 5.41) is 0. The maximum Gasteiger partial charge on any atom is 0.164 e. The second-order valence-corrected chi connectivity index (χ2v) is 5.10. The summed E-state index contributed by atoms with van der Waals surface area (Å²) in [6.45, 7) is 0.532. The van der Waals surface area contributed by atoms with Crippen molar-refractivity contribution in [1.29, 1.82) is 0 Å². The molecule has 0 aliphatic rings. The summed E-state index contributed by atoms with van der Waals surface area (Å²) in [5.74, 6) is 0.611. The van der Waals surface area contributed by atoms with E-state index in [0.29, 0.717) is 13.0 Å². The summed E-state index contributed by atoms with van der Waals surface area (Å²) < 4.78 is 5.70. The Hall–Kier alpha value is -1.84. The molecule has 0 heterocycles. The van der Waals surface area contributed by atoms with Crippen LogP contribution in [-0.2, 0) is 17.8 Å². The molecule has 1 atom stereocenters. The lowest BCUT2D eigenvalue weighted by atomic mass is 10.0. The van der Waals surface area contributed by atoms with Gasteiger partial charge in [0.25, 0.3) is 0 Å². The van der Waals surface area contributed by atoms with E-state index in [2.05, 4.69) is 0 Å². The van der Waals surface area contributed by atoms with Crippen molar-refractivity contribution in [1.82, 2.24) is 0 Å². The standard InChI is InChI=1S/C17H18ClNO2/c18-11-17(20)16(19)10-13-6-8-15(9-7-13)21-12-14-4-2-1-3-5-14/h1-9,16H,10-12,19H2/t16-/m1/s1. The number of nitrogens with two attached hydrogens (primary N) is 1. The number of hydrogen-bond donors (Lipinski definition) is 1. The first-order chi connectivity index (χ1) is 10.2. The highest BCUT2D eigenvalue weighted by Gasteiger charge is 2.12. The molecule has 2 aromatic carbocycles. The van der Waals surface area contributed by atoms with Gasteiger partial charge in [0, 0.05) is 0 Å². The first kappa shape index (κ1) is 15.5. The van der Waals surface area contributed by atoms with E-state index in [1.54, 1.807) is 0 Å². The zero-order valence-electron chi connectivity index (χ0n) is 11.7. The Bertz CT molecular complexity index is 569. The van der Waals surface area contributed by atoms with E-state index in [1.807, 2.05) is 54.6 Å². The topological polar surface area (TPSA) is 52.3 Å². The Kier molecular flexibility index (Phi) is 5.78. The molecule has 0 aromatic heterocycles. The van der Waals surface area contributed by atoms with Gasteiger partial charge in [-0.15, -0.1) is 11.6 Å². The van der Waals surface area contributed by atoms with Gasteiger partial charge in [0.05, 0.1) is 11.9 Å². The van der Waals surface area contributed by atoms with Crippen LogP contribution >= 0.6 is 11.6 Å². The molecule has 0 aliphatic carbocycles. The highest BCUT2D eigenvalue weighted by molar-refractivity contribution is 6.28. The second kappa shape index (κ2) is 7.81. The van der Waals surface area contributed by atoms with Crippen LogP contribution in [0.4, 0.5) is 0 Å². The Balaban J connectivity index is 1.88. The van der Waals surface area contributed by atoms with Gasteiger partial charge in [-0.3, -0.25) is 4.79 Å². The van der Waals surface area contributed by atoms with Crippen molar-refractivity contribution in [3.05, 3.63) is 65.7 Å². The number of rotatable bonds is 7. The van der Waals surface area contributed by atoms with Gasteiger partial charge in [0.2, 0.25) is 0 Å². The van der Waals surface area contributed by atoms with Crippen LogP contribution in [0.1, 0.15) is 11.1 Å². The minimum Gasteiger partial charge on any atom is -0.489 e. The molecule has 0 aliphatic heterocycles. The minimum atomic E-state index is -0.543. The van der Waals surface area contributed by atoms with Gasteiger partial charge in [-0.2, -0.15) is 0 Å². The lowest BCUT2D eigenvalue weighted by Crippen LogP contribution is -2.33. The van der Waals surface area contributed by atoms with Crippen LogP contribution in [0.3, 0.4) is 0 Å². The number of alkyl halides is 1. The third-order valence-corrected chi connectivity index (χ3v) is 3.44. The van der Waals surface area contributed by atoms with Crippen LogP contribution < -0.4 is 10.5 Å². The first-order valence-electron chi connectivity index (χ1n) is 6.79. The third kappa shape index (κ3) is 4.88. The van der Waals surface area contributed by atoms with E-state index in [0.717, 1.165) is 16.9 Å². The van der Waals surface area contributed by atoms with Crippen LogP contribution in [-0.4, -0.2) is 17.7 Å². The fourth-order valence-corrected chi connectivity index (χ4v) is 2.13. The fraction of sp³-hybridized carbons (Fsp3) is 0.235. The third-order valence-electron chi connectivity index (χ3n) is 3.17. The van der Waals surface area contributed by atoms with Crippen LogP contribution in [0.5, 0.6) is 5.75 Å². The van der Waals surface area contributed by atoms with Gasteiger partial charge in [-0.1, -0.05) is 42.5 Å². The number of Topliss-reactive ketones (excluding diaryl/α,β-unsaturated/α-hetero) is 1. The van der Waals surface area contributed by atoms with E-state index < -0.39 is 6.04 Å². The number of ether oxygens (including phenoxy) is 1. The number of carbonyl (C=O) groups is 1. The Morgan fingerprint density at radius 1 is 1.05 bits per heavy atom. The lowest BCUT2D eigenvalue weighted by molar-refractivity contribution is -0.117. The molecular weight excluding hydrogens is 286 g/mol.